The number of amides is 1. The molecule has 1 aliphatic heterocycles. The van der Waals surface area contributed by atoms with E-state index in [1.165, 1.54) is 42.5 Å². The molecule has 1 aliphatic rings. The molecule has 33 heavy (non-hydrogen) atoms. The second-order valence-electron chi connectivity index (χ2n) is 7.75. The summed E-state index contributed by atoms with van der Waals surface area (Å²) >= 11 is 0. The van der Waals surface area contributed by atoms with Crippen molar-refractivity contribution >= 4 is 33.3 Å². The number of anilines is 2. The van der Waals surface area contributed by atoms with Crippen molar-refractivity contribution < 1.29 is 22.7 Å². The lowest BCUT2D eigenvalue weighted by atomic mass is 10.2. The quantitative estimate of drug-likeness (QED) is 0.520. The van der Waals surface area contributed by atoms with E-state index in [0.717, 1.165) is 17.7 Å². The van der Waals surface area contributed by atoms with Crippen molar-refractivity contribution in [3.63, 3.8) is 0 Å². The van der Waals surface area contributed by atoms with Crippen LogP contribution in [-0.2, 0) is 26.0 Å². The molecule has 3 aromatic carbocycles. The summed E-state index contributed by atoms with van der Waals surface area (Å²) in [6.07, 6.45) is -0.216. The fourth-order valence-corrected chi connectivity index (χ4v) is 4.96. The van der Waals surface area contributed by atoms with Crippen molar-refractivity contribution in [2.24, 2.45) is 0 Å². The third kappa shape index (κ3) is 4.47. The first-order chi connectivity index (χ1) is 15.8. The van der Waals surface area contributed by atoms with E-state index in [1.54, 1.807) is 35.2 Å². The van der Waals surface area contributed by atoms with Crippen LogP contribution in [0, 0.1) is 0 Å². The first-order valence-electron chi connectivity index (χ1n) is 10.5. The molecule has 0 N–H and O–H groups in total. The van der Waals surface area contributed by atoms with Gasteiger partial charge >= 0.3 is 5.97 Å². The Morgan fingerprint density at radius 1 is 0.939 bits per heavy atom. The van der Waals surface area contributed by atoms with Crippen LogP contribution in [0.3, 0.4) is 0 Å². The third-order valence-corrected chi connectivity index (χ3v) is 7.45. The summed E-state index contributed by atoms with van der Waals surface area (Å²) in [4.78, 5) is 27.1. The molecule has 0 aromatic heterocycles. The van der Waals surface area contributed by atoms with Crippen LogP contribution in [0.5, 0.6) is 0 Å². The standard InChI is InChI=1S/C25H24N2O5S/c1-18(24(28)27-17-16-19-8-6-7-11-23(19)27)32-25(29)20-12-14-22(15-13-20)33(30,31)26(2)21-9-4-3-5-10-21/h3-15,18H,16-17H2,1-2H3. The molecule has 0 spiro atoms. The van der Waals surface area contributed by atoms with E-state index in [1.807, 2.05) is 24.3 Å². The summed E-state index contributed by atoms with van der Waals surface area (Å²) in [5.41, 5.74) is 2.61. The predicted octanol–water partition coefficient (Wildman–Crippen LogP) is 3.65. The van der Waals surface area contributed by atoms with Crippen LogP contribution in [0.25, 0.3) is 0 Å². The first kappa shape index (κ1) is 22.5. The smallest absolute Gasteiger partial charge is 0.338 e. The number of hydrogen-bond acceptors (Lipinski definition) is 5. The number of para-hydroxylation sites is 2. The molecule has 8 heteroatoms. The normalized spacial score (nSPS) is 13.8. The number of fused-ring (bicyclic) bond motifs is 1. The van der Waals surface area contributed by atoms with Gasteiger partial charge in [-0.2, -0.15) is 0 Å². The minimum atomic E-state index is -3.79. The molecule has 0 bridgehead atoms. The van der Waals surface area contributed by atoms with E-state index in [2.05, 4.69) is 0 Å². The maximum absolute atomic E-state index is 12.9. The SMILES string of the molecule is CC(OC(=O)c1ccc(S(=O)(=O)N(C)c2ccccc2)cc1)C(=O)N1CCc2ccccc21. The van der Waals surface area contributed by atoms with Gasteiger partial charge in [-0.05, 0) is 61.4 Å². The van der Waals surface area contributed by atoms with E-state index in [0.29, 0.717) is 12.2 Å². The highest BCUT2D eigenvalue weighted by atomic mass is 32.2. The lowest BCUT2D eigenvalue weighted by Gasteiger charge is -2.22. The summed E-state index contributed by atoms with van der Waals surface area (Å²) < 4.78 is 32.3. The van der Waals surface area contributed by atoms with Gasteiger partial charge < -0.3 is 9.64 Å². The van der Waals surface area contributed by atoms with Crippen LogP contribution in [0.15, 0.2) is 83.8 Å². The van der Waals surface area contributed by atoms with E-state index in [9.17, 15) is 18.0 Å². The molecule has 7 nitrogen and oxygen atoms in total. The van der Waals surface area contributed by atoms with Crippen LogP contribution < -0.4 is 9.21 Å². The molecule has 170 valence electrons. The summed E-state index contributed by atoms with van der Waals surface area (Å²) in [6.45, 7) is 2.08. The van der Waals surface area contributed by atoms with Crippen LogP contribution in [0.4, 0.5) is 11.4 Å². The summed E-state index contributed by atoms with van der Waals surface area (Å²) in [5, 5.41) is 0. The van der Waals surface area contributed by atoms with Gasteiger partial charge in [0.25, 0.3) is 15.9 Å². The number of rotatable bonds is 6. The number of ether oxygens (including phenoxy) is 1. The predicted molar refractivity (Wildman–Crippen MR) is 126 cm³/mol. The number of carbonyl (C=O) groups excluding carboxylic acids is 2. The van der Waals surface area contributed by atoms with Crippen LogP contribution in [0.2, 0.25) is 0 Å². The van der Waals surface area contributed by atoms with Crippen molar-refractivity contribution in [1.82, 2.24) is 0 Å². The van der Waals surface area contributed by atoms with Gasteiger partial charge in [-0.15, -0.1) is 0 Å². The van der Waals surface area contributed by atoms with Gasteiger partial charge in [0, 0.05) is 19.3 Å². The fourth-order valence-electron chi connectivity index (χ4n) is 3.76. The highest BCUT2D eigenvalue weighted by Crippen LogP contribution is 2.28. The topological polar surface area (TPSA) is 84.0 Å². The zero-order valence-corrected chi connectivity index (χ0v) is 19.2. The Morgan fingerprint density at radius 3 is 2.27 bits per heavy atom. The number of nitrogens with zero attached hydrogens (tertiary/aromatic N) is 2. The number of sulfonamides is 1. The van der Waals surface area contributed by atoms with Crippen molar-refractivity contribution in [3.8, 4) is 0 Å². The maximum atomic E-state index is 12.9. The molecule has 0 fully saturated rings. The highest BCUT2D eigenvalue weighted by Gasteiger charge is 2.30. The molecule has 3 aromatic rings. The van der Waals surface area contributed by atoms with Crippen LogP contribution in [-0.4, -0.2) is 40.0 Å². The van der Waals surface area contributed by atoms with Crippen molar-refractivity contribution in [1.29, 1.82) is 0 Å². The lowest BCUT2D eigenvalue weighted by molar-refractivity contribution is -0.126. The maximum Gasteiger partial charge on any atom is 0.338 e. The van der Waals surface area contributed by atoms with Gasteiger partial charge in [0.05, 0.1) is 16.1 Å². The average molecular weight is 465 g/mol. The minimum Gasteiger partial charge on any atom is -0.449 e. The molecule has 0 saturated carbocycles. The van der Waals surface area contributed by atoms with Crippen molar-refractivity contribution in [2.45, 2.75) is 24.3 Å². The van der Waals surface area contributed by atoms with Crippen molar-refractivity contribution in [3.05, 3.63) is 90.0 Å². The zero-order chi connectivity index (χ0) is 23.6. The third-order valence-electron chi connectivity index (χ3n) is 5.65. The molecular weight excluding hydrogens is 440 g/mol. The molecule has 1 atom stereocenters. The number of esters is 1. The summed E-state index contributed by atoms with van der Waals surface area (Å²) in [7, 11) is -2.32. The van der Waals surface area contributed by atoms with Gasteiger partial charge in [0.1, 0.15) is 0 Å². The summed E-state index contributed by atoms with van der Waals surface area (Å²) in [6, 6.07) is 21.8. The molecule has 0 saturated heterocycles. The van der Waals surface area contributed by atoms with Gasteiger partial charge in [-0.1, -0.05) is 36.4 Å². The lowest BCUT2D eigenvalue weighted by Crippen LogP contribution is -2.39. The van der Waals surface area contributed by atoms with Gasteiger partial charge in [0.2, 0.25) is 0 Å². The molecule has 1 amide bonds. The Hall–Kier alpha value is -3.65. The second kappa shape index (κ2) is 9.07. The van der Waals surface area contributed by atoms with Crippen LogP contribution >= 0.6 is 0 Å². The van der Waals surface area contributed by atoms with E-state index < -0.39 is 22.1 Å². The zero-order valence-electron chi connectivity index (χ0n) is 18.3. The Labute approximate surface area is 193 Å². The first-order valence-corrected chi connectivity index (χ1v) is 12.0. The van der Waals surface area contributed by atoms with Gasteiger partial charge in [-0.25, -0.2) is 13.2 Å². The molecule has 1 heterocycles. The minimum absolute atomic E-state index is 0.0446. The van der Waals surface area contributed by atoms with Crippen LogP contribution in [0.1, 0.15) is 22.8 Å². The Bertz CT molecular complexity index is 1270. The summed E-state index contributed by atoms with van der Waals surface area (Å²) in [5.74, 6) is -0.985. The average Bonchev–Trinajstić information content (AvgIpc) is 3.27. The highest BCUT2D eigenvalue weighted by molar-refractivity contribution is 7.92. The Kier molecular flexibility index (Phi) is 6.20. The molecule has 4 rings (SSSR count). The molecule has 0 aliphatic carbocycles. The van der Waals surface area contributed by atoms with Gasteiger partial charge in [-0.3, -0.25) is 9.10 Å². The van der Waals surface area contributed by atoms with Crippen molar-refractivity contribution in [2.75, 3.05) is 22.8 Å². The number of carbonyl (C=O) groups is 2. The molecular formula is C25H24N2O5S. The Morgan fingerprint density at radius 2 is 1.58 bits per heavy atom. The Balaban J connectivity index is 1.44. The van der Waals surface area contributed by atoms with Gasteiger partial charge in [0.15, 0.2) is 6.10 Å². The van der Waals surface area contributed by atoms with E-state index in [-0.39, 0.29) is 16.4 Å². The fraction of sp³-hybridized carbons (Fsp3) is 0.200. The molecule has 0 radical (unpaired) electrons. The second-order valence-corrected chi connectivity index (χ2v) is 9.72. The number of benzene rings is 3. The van der Waals surface area contributed by atoms with E-state index >= 15 is 0 Å². The largest absolute Gasteiger partial charge is 0.449 e. The van der Waals surface area contributed by atoms with E-state index in [4.69, 9.17) is 4.74 Å². The number of hydrogen-bond donors (Lipinski definition) is 0. The molecule has 1 unspecified atom stereocenters. The monoisotopic (exact) mass is 464 g/mol.